The first-order valence-electron chi connectivity index (χ1n) is 50.6. The van der Waals surface area contributed by atoms with Crippen LogP contribution in [0.15, 0.2) is 134 Å². The molecule has 0 spiro atoms. The fraction of sp³-hybridized carbons (Fsp3) is 0.546. The molecule has 6 aromatic carbocycles. The number of hydrogen-bond donors (Lipinski definition) is 8. The molecule has 0 unspecified atom stereocenters. The predicted octanol–water partition coefficient (Wildman–Crippen LogP) is 10.6. The molecule has 0 aliphatic carbocycles. The molecule has 8 N–H and O–H groups in total. The van der Waals surface area contributed by atoms with Gasteiger partial charge < -0.3 is 165 Å². The van der Waals surface area contributed by atoms with Gasteiger partial charge in [0.15, 0.2) is 40.2 Å². The second-order valence-corrected chi connectivity index (χ2v) is 33.7. The fourth-order valence-corrected chi connectivity index (χ4v) is 15.2. The molecule has 0 bridgehead atoms. The van der Waals surface area contributed by atoms with Crippen LogP contribution in [0.2, 0.25) is 0 Å². The summed E-state index contributed by atoms with van der Waals surface area (Å²) in [5.74, 6) is 0.0791. The first-order valence-corrected chi connectivity index (χ1v) is 50.6. The number of fused-ring (bicyclic) bond motifs is 3. The van der Waals surface area contributed by atoms with Crippen molar-refractivity contribution in [2.75, 3.05) is 313 Å². The molecule has 3 heterocycles. The van der Waals surface area contributed by atoms with Gasteiger partial charge in [0, 0.05) is 162 Å². The zero-order chi connectivity index (χ0) is 105. The minimum Gasteiger partial charge on any atom is -0.505 e. The van der Waals surface area contributed by atoms with Crippen LogP contribution in [0.3, 0.4) is 0 Å². The largest absolute Gasteiger partial charge is 0.505 e. The Hall–Kier alpha value is -10.2. The van der Waals surface area contributed by atoms with Gasteiger partial charge >= 0.3 is 0 Å². The summed E-state index contributed by atoms with van der Waals surface area (Å²) in [6, 6.07) is 33.1. The Kier molecular flexibility index (Phi) is 64.3. The predicted molar refractivity (Wildman–Crippen MR) is 553 cm³/mol. The van der Waals surface area contributed by atoms with Crippen LogP contribution in [0.5, 0.6) is 63.2 Å². The van der Waals surface area contributed by atoms with E-state index in [2.05, 4.69) is 41.5 Å². The van der Waals surface area contributed by atoms with Crippen LogP contribution in [0.25, 0.3) is 32.7 Å². The zero-order valence-electron chi connectivity index (χ0n) is 87.3. The first kappa shape index (κ1) is 125. The number of nitrogens with one attached hydrogen (secondary N) is 5. The zero-order valence-corrected chi connectivity index (χ0v) is 89.5. The standard InChI is InChI=1S/C108H152N8O33.Gd/c1-124-35-41-130-47-53-136-59-65-142-92-73-82(74-93(143-66-60-137-54-48-131-42-36-125-2)102(92)146-69-63-140-57-51-134-45-39-128-5)79-148-87-71-81(72-88(77-87)149-80-83-75-94(144-67-61-138-55-49-132-43-37-126-3)103(147-70-64-141-58-52-135-46-40-129-6)95(76-83)145-68-62-139-56-50-133-44-38-127-4)78-109-27-7-8-28-116-107(123)108(24-12-32-113-104(120)89-21-18-84-15-9-29-110-96(84)99(89)117,25-13-33-114-105(121)90-22-19-85-16-10-30-111-97(85)100(90)118)26-14-34-115-106(122)91-23-20-86-17-11-31-112-98(86)101(91)119;/h9-11,15-23,29-31,71-77,109,117-119H,7-8,12-14,24-28,32-70,78-80H2,1-6H3,(H,113,120)(H,114,121)(H,115,122)(H,116,123);. The van der Waals surface area contributed by atoms with E-state index < -0.39 is 23.1 Å². The van der Waals surface area contributed by atoms with E-state index in [4.69, 9.17) is 123 Å². The van der Waals surface area contributed by atoms with Crippen molar-refractivity contribution in [1.29, 1.82) is 0 Å². The van der Waals surface area contributed by atoms with E-state index in [-0.39, 0.29) is 254 Å². The molecule has 0 saturated heterocycles. The van der Waals surface area contributed by atoms with Crippen molar-refractivity contribution in [1.82, 2.24) is 41.5 Å². The van der Waals surface area contributed by atoms with Gasteiger partial charge in [-0.3, -0.25) is 34.1 Å². The number of carbonyl (C=O) groups is 4. The Balaban J connectivity index is 0.0000274. The normalized spacial score (nSPS) is 11.4. The number of aromatic hydroxyl groups is 3. The van der Waals surface area contributed by atoms with E-state index in [9.17, 15) is 29.7 Å². The summed E-state index contributed by atoms with van der Waals surface area (Å²) in [5, 5.41) is 51.4. The third kappa shape index (κ3) is 47.2. The van der Waals surface area contributed by atoms with Gasteiger partial charge in [0.2, 0.25) is 17.4 Å². The van der Waals surface area contributed by atoms with Gasteiger partial charge in [-0.15, -0.1) is 0 Å². The van der Waals surface area contributed by atoms with Crippen molar-refractivity contribution in [2.45, 2.75) is 71.1 Å². The third-order valence-corrected chi connectivity index (χ3v) is 22.8. The van der Waals surface area contributed by atoms with Gasteiger partial charge in [-0.1, -0.05) is 36.4 Å². The molecule has 3 aromatic heterocycles. The quantitative estimate of drug-likeness (QED) is 0.0164. The molecule has 0 saturated carbocycles. The molecule has 41 nitrogen and oxygen atoms in total. The Morgan fingerprint density at radius 1 is 0.280 bits per heavy atom. The van der Waals surface area contributed by atoms with Crippen molar-refractivity contribution in [3.05, 3.63) is 167 Å². The number of benzene rings is 6. The summed E-state index contributed by atoms with van der Waals surface area (Å²) in [4.78, 5) is 70.2. The Morgan fingerprint density at radius 3 is 0.827 bits per heavy atom. The average Bonchev–Trinajstić information content (AvgIpc) is 0.774. The van der Waals surface area contributed by atoms with E-state index >= 15 is 4.79 Å². The molecule has 830 valence electrons. The minimum atomic E-state index is -1.18. The number of unbranched alkanes of at least 4 members (excludes halogenated alkanes) is 1. The Labute approximate surface area is 909 Å². The molecule has 9 rings (SSSR count). The molecule has 0 aliphatic rings. The average molecular weight is 2250 g/mol. The van der Waals surface area contributed by atoms with E-state index in [1.165, 1.54) is 36.8 Å². The van der Waals surface area contributed by atoms with E-state index in [0.29, 0.717) is 258 Å². The molecule has 0 aliphatic heterocycles. The smallest absolute Gasteiger partial charge is 0.255 e. The van der Waals surface area contributed by atoms with Gasteiger partial charge in [0.05, 0.1) is 215 Å². The summed E-state index contributed by atoms with van der Waals surface area (Å²) < 4.78 is 153. The number of methoxy groups -OCH3 is 6. The number of phenolic OH excluding ortho intramolecular Hbond substituents is 3. The summed E-state index contributed by atoms with van der Waals surface area (Å²) >= 11 is 0. The van der Waals surface area contributed by atoms with Gasteiger partial charge in [0.1, 0.15) is 80.9 Å². The second kappa shape index (κ2) is 77.2. The number of amides is 4. The third-order valence-electron chi connectivity index (χ3n) is 22.8. The number of rotatable bonds is 89. The molecule has 0 atom stereocenters. The molecular weight excluding hydrogens is 2090 g/mol. The number of nitrogens with zero attached hydrogens (tertiary/aromatic N) is 3. The molecule has 150 heavy (non-hydrogen) atoms. The number of aromatic nitrogens is 3. The summed E-state index contributed by atoms with van der Waals surface area (Å²) in [5.41, 5.74) is 1.73. The number of ether oxygens (including phenoxy) is 26. The Bertz CT molecular complexity index is 4800. The topological polar surface area (TPSA) is 468 Å². The SMILES string of the molecule is COCCOCCOCCOc1cc(COc2cc(CNCCCCNC(=O)C(CCCNC(=O)c3ccc4cccnc4c3O)(CCCNC(=O)c3ccc4cccnc4c3O)CCCNC(=O)c3ccc4cccnc4c3O)cc(OCc3cc(OCCOCCOCCOC)c(OCCOCCOCCOC)c(OCCOCCOCCOC)c3)c2)cc(OCCOCCOCCOC)c1OCCOCCOCCOC.[Gd]. The van der Waals surface area contributed by atoms with Crippen LogP contribution in [0.1, 0.15) is 99.1 Å². The number of carbonyl (C=O) groups excluding carboxylic acids is 4. The van der Waals surface area contributed by atoms with Crippen molar-refractivity contribution in [3.63, 3.8) is 0 Å². The van der Waals surface area contributed by atoms with Gasteiger partial charge in [-0.05, 0) is 147 Å². The maximum Gasteiger partial charge on any atom is 0.255 e. The van der Waals surface area contributed by atoms with Gasteiger partial charge in [-0.2, -0.15) is 0 Å². The van der Waals surface area contributed by atoms with E-state index in [0.717, 1.165) is 5.56 Å². The van der Waals surface area contributed by atoms with Gasteiger partial charge in [0.25, 0.3) is 17.7 Å². The van der Waals surface area contributed by atoms with Crippen LogP contribution in [-0.4, -0.2) is 367 Å². The van der Waals surface area contributed by atoms with Crippen LogP contribution in [-0.2, 0) is 110 Å². The van der Waals surface area contributed by atoms with E-state index in [1.54, 1.807) is 103 Å². The van der Waals surface area contributed by atoms with Crippen molar-refractivity contribution in [3.8, 4) is 63.2 Å². The van der Waals surface area contributed by atoms with E-state index in [1.807, 2.05) is 36.4 Å². The summed E-state index contributed by atoms with van der Waals surface area (Å²) in [7, 11) is 9.66. The second-order valence-electron chi connectivity index (χ2n) is 33.7. The molecule has 0 fully saturated rings. The maximum atomic E-state index is 15.5. The van der Waals surface area contributed by atoms with Crippen LogP contribution < -0.4 is 64.5 Å². The van der Waals surface area contributed by atoms with Gasteiger partial charge in [-0.25, -0.2) is 0 Å². The molecule has 42 heteroatoms. The number of pyridine rings is 3. The summed E-state index contributed by atoms with van der Waals surface area (Å²) in [6.07, 6.45) is 7.20. The van der Waals surface area contributed by atoms with Crippen LogP contribution in [0, 0.1) is 45.4 Å². The molecule has 0 radical (unpaired) electrons. The monoisotopic (exact) mass is 2250 g/mol. The van der Waals surface area contributed by atoms with Crippen molar-refractivity contribution in [2.24, 2.45) is 5.41 Å². The maximum absolute atomic E-state index is 15.5. The summed E-state index contributed by atoms with van der Waals surface area (Å²) in [6.45, 7) is 12.4. The number of hydrogen-bond acceptors (Lipinski definition) is 37. The first-order chi connectivity index (χ1) is 73.2. The molecular formula is C108H152GdN8O33. The molecule has 9 aromatic rings. The van der Waals surface area contributed by atoms with Crippen molar-refractivity contribution < 1.29 is 198 Å². The van der Waals surface area contributed by atoms with Crippen LogP contribution >= 0.6 is 0 Å². The Morgan fingerprint density at radius 2 is 0.540 bits per heavy atom. The molecule has 4 amide bonds. The van der Waals surface area contributed by atoms with Crippen molar-refractivity contribution >= 4 is 56.3 Å². The number of phenols is 3. The minimum absolute atomic E-state index is 0. The fourth-order valence-electron chi connectivity index (χ4n) is 15.2. The van der Waals surface area contributed by atoms with Crippen LogP contribution in [0.4, 0.5) is 0 Å².